The number of aromatic carboxylic acids is 1. The maximum absolute atomic E-state index is 10.6. The number of pyridine rings is 1. The number of hydrogen-bond donors (Lipinski definition) is 4. The largest absolute Gasteiger partial charge is 0.494 e. The molecule has 12 heavy (non-hydrogen) atoms. The summed E-state index contributed by atoms with van der Waals surface area (Å²) in [5.74, 6) is -2.12. The Balaban J connectivity index is 3.48. The number of rotatable bonds is 1. The number of nitrogens with one attached hydrogen (secondary N) is 1. The first-order valence-corrected chi connectivity index (χ1v) is 2.97. The maximum atomic E-state index is 10.6. The van der Waals surface area contributed by atoms with Crippen molar-refractivity contribution in [3.8, 4) is 5.88 Å². The van der Waals surface area contributed by atoms with Gasteiger partial charge in [-0.1, -0.05) is 0 Å². The smallest absolute Gasteiger partial charge is 0.343 e. The summed E-state index contributed by atoms with van der Waals surface area (Å²) >= 11 is 0. The molecule has 6 nitrogen and oxygen atoms in total. The summed E-state index contributed by atoms with van der Waals surface area (Å²) < 4.78 is 0. The molecular weight excluding hydrogens is 164 g/mol. The van der Waals surface area contributed by atoms with Crippen molar-refractivity contribution < 1.29 is 15.0 Å². The highest BCUT2D eigenvalue weighted by Crippen LogP contribution is 2.17. The molecule has 64 valence electrons. The second-order valence-corrected chi connectivity index (χ2v) is 2.12. The summed E-state index contributed by atoms with van der Waals surface area (Å²) in [6.07, 6.45) is 0. The third-order valence-corrected chi connectivity index (χ3v) is 1.27. The molecule has 1 heterocycles. The van der Waals surface area contributed by atoms with Gasteiger partial charge < -0.3 is 15.9 Å². The molecular formula is C6H6N2O4. The fourth-order valence-corrected chi connectivity index (χ4v) is 0.790. The quantitative estimate of drug-likeness (QED) is 0.447. The molecule has 0 aliphatic heterocycles. The minimum atomic E-state index is -1.39. The van der Waals surface area contributed by atoms with Crippen molar-refractivity contribution in [2.75, 3.05) is 5.73 Å². The molecule has 0 atom stereocenters. The summed E-state index contributed by atoms with van der Waals surface area (Å²) in [4.78, 5) is 22.9. The fourth-order valence-electron chi connectivity index (χ4n) is 0.790. The molecule has 1 aromatic heterocycles. The monoisotopic (exact) mass is 170 g/mol. The normalized spacial score (nSPS) is 9.67. The molecule has 0 amide bonds. The molecule has 0 radical (unpaired) electrons. The van der Waals surface area contributed by atoms with Crippen molar-refractivity contribution in [1.82, 2.24) is 4.98 Å². The van der Waals surface area contributed by atoms with Crippen LogP contribution in [0.5, 0.6) is 5.88 Å². The van der Waals surface area contributed by atoms with E-state index < -0.39 is 23.0 Å². The summed E-state index contributed by atoms with van der Waals surface area (Å²) in [6.45, 7) is 0. The van der Waals surface area contributed by atoms with E-state index in [9.17, 15) is 9.59 Å². The zero-order valence-corrected chi connectivity index (χ0v) is 5.87. The molecule has 0 aliphatic rings. The van der Waals surface area contributed by atoms with E-state index in [1.54, 1.807) is 0 Å². The standard InChI is InChI=1S/C6H6N2O4/c7-2-1-3(9)8-5(10)4(2)6(11)12/h1H,(H,11,12)(H4,7,8,9,10). The number of aromatic amines is 1. The van der Waals surface area contributed by atoms with E-state index in [1.165, 1.54) is 0 Å². The van der Waals surface area contributed by atoms with E-state index >= 15 is 0 Å². The van der Waals surface area contributed by atoms with E-state index in [2.05, 4.69) is 0 Å². The van der Waals surface area contributed by atoms with Crippen molar-refractivity contribution in [3.63, 3.8) is 0 Å². The molecule has 0 spiro atoms. The van der Waals surface area contributed by atoms with E-state index in [-0.39, 0.29) is 5.69 Å². The van der Waals surface area contributed by atoms with Crippen molar-refractivity contribution in [2.45, 2.75) is 0 Å². The summed E-state index contributed by atoms with van der Waals surface area (Å²) in [5.41, 5.74) is 3.77. The van der Waals surface area contributed by atoms with Gasteiger partial charge in [-0.25, -0.2) is 4.79 Å². The van der Waals surface area contributed by atoms with Gasteiger partial charge in [0.2, 0.25) is 5.88 Å². The number of H-pyrrole nitrogens is 1. The van der Waals surface area contributed by atoms with Gasteiger partial charge in [0.05, 0.1) is 5.69 Å². The molecule has 0 bridgehead atoms. The molecule has 1 rings (SSSR count). The summed E-state index contributed by atoms with van der Waals surface area (Å²) in [7, 11) is 0. The van der Waals surface area contributed by atoms with Crippen LogP contribution in [0.2, 0.25) is 0 Å². The van der Waals surface area contributed by atoms with Crippen LogP contribution in [-0.4, -0.2) is 21.2 Å². The molecule has 0 fully saturated rings. The van der Waals surface area contributed by atoms with Crippen LogP contribution < -0.4 is 11.3 Å². The molecule has 0 aromatic carbocycles. The number of nitrogens with two attached hydrogens (primary N) is 1. The van der Waals surface area contributed by atoms with Gasteiger partial charge in [-0.3, -0.25) is 9.78 Å². The predicted molar refractivity (Wildman–Crippen MR) is 40.1 cm³/mol. The first-order valence-electron chi connectivity index (χ1n) is 2.97. The van der Waals surface area contributed by atoms with E-state index in [0.717, 1.165) is 6.07 Å². The fraction of sp³-hybridized carbons (Fsp3) is 0. The first kappa shape index (κ1) is 8.12. The van der Waals surface area contributed by atoms with Crippen molar-refractivity contribution in [2.24, 2.45) is 0 Å². The number of carbonyl (C=O) groups is 1. The number of hydrogen-bond acceptors (Lipinski definition) is 4. The van der Waals surface area contributed by atoms with Crippen LogP contribution in [0.1, 0.15) is 10.4 Å². The molecule has 0 saturated carbocycles. The van der Waals surface area contributed by atoms with Crippen molar-refractivity contribution in [1.29, 1.82) is 0 Å². The van der Waals surface area contributed by atoms with Crippen LogP contribution in [0.15, 0.2) is 10.9 Å². The lowest BCUT2D eigenvalue weighted by Gasteiger charge is -2.00. The van der Waals surface area contributed by atoms with Crippen LogP contribution in [-0.2, 0) is 0 Å². The number of carboxylic acids is 1. The average molecular weight is 170 g/mol. The van der Waals surface area contributed by atoms with Gasteiger partial charge in [0, 0.05) is 6.07 Å². The molecule has 0 aliphatic carbocycles. The van der Waals surface area contributed by atoms with Gasteiger partial charge in [0.1, 0.15) is 5.56 Å². The molecule has 0 saturated heterocycles. The lowest BCUT2D eigenvalue weighted by molar-refractivity contribution is 0.0694. The Morgan fingerprint density at radius 1 is 1.58 bits per heavy atom. The van der Waals surface area contributed by atoms with E-state index in [0.29, 0.717) is 0 Å². The SMILES string of the molecule is Nc1cc(=O)[nH]c(O)c1C(=O)O. The maximum Gasteiger partial charge on any atom is 0.343 e. The summed E-state index contributed by atoms with van der Waals surface area (Å²) in [5, 5.41) is 17.4. The Morgan fingerprint density at radius 3 is 2.58 bits per heavy atom. The van der Waals surface area contributed by atoms with Crippen LogP contribution in [0, 0.1) is 0 Å². The number of carboxylic acid groups (broad SMARTS) is 1. The lowest BCUT2D eigenvalue weighted by Crippen LogP contribution is -2.12. The zero-order valence-electron chi connectivity index (χ0n) is 5.87. The highest BCUT2D eigenvalue weighted by atomic mass is 16.4. The number of anilines is 1. The van der Waals surface area contributed by atoms with Gasteiger partial charge in [-0.2, -0.15) is 0 Å². The highest BCUT2D eigenvalue weighted by Gasteiger charge is 2.14. The number of nitrogen functional groups attached to an aromatic ring is 1. The van der Waals surface area contributed by atoms with Gasteiger partial charge in [-0.05, 0) is 0 Å². The van der Waals surface area contributed by atoms with Crippen molar-refractivity contribution >= 4 is 11.7 Å². The Hall–Kier alpha value is -1.98. The van der Waals surface area contributed by atoms with Crippen LogP contribution in [0.3, 0.4) is 0 Å². The zero-order chi connectivity index (χ0) is 9.30. The van der Waals surface area contributed by atoms with Crippen LogP contribution in [0.25, 0.3) is 0 Å². The van der Waals surface area contributed by atoms with Crippen molar-refractivity contribution in [3.05, 3.63) is 22.0 Å². The van der Waals surface area contributed by atoms with Crippen LogP contribution >= 0.6 is 0 Å². The van der Waals surface area contributed by atoms with Crippen LogP contribution in [0.4, 0.5) is 5.69 Å². The van der Waals surface area contributed by atoms with Gasteiger partial charge >= 0.3 is 5.97 Å². The molecule has 1 aromatic rings. The lowest BCUT2D eigenvalue weighted by atomic mass is 10.2. The highest BCUT2D eigenvalue weighted by molar-refractivity contribution is 5.95. The molecule has 5 N–H and O–H groups in total. The van der Waals surface area contributed by atoms with Gasteiger partial charge in [0.15, 0.2) is 0 Å². The Bertz CT molecular complexity index is 355. The van der Waals surface area contributed by atoms with Gasteiger partial charge in [0.25, 0.3) is 5.56 Å². The van der Waals surface area contributed by atoms with E-state index in [1.807, 2.05) is 4.98 Å². The summed E-state index contributed by atoms with van der Waals surface area (Å²) in [6, 6.07) is 0.892. The minimum Gasteiger partial charge on any atom is -0.494 e. The van der Waals surface area contributed by atoms with Gasteiger partial charge in [-0.15, -0.1) is 0 Å². The molecule has 6 heteroatoms. The first-order chi connectivity index (χ1) is 5.52. The number of aromatic hydroxyl groups is 1. The third kappa shape index (κ3) is 1.22. The Kier molecular flexibility index (Phi) is 1.74. The third-order valence-electron chi connectivity index (χ3n) is 1.27. The van der Waals surface area contributed by atoms with E-state index in [4.69, 9.17) is 15.9 Å². The Morgan fingerprint density at radius 2 is 2.17 bits per heavy atom. The minimum absolute atomic E-state index is 0.260. The second kappa shape index (κ2) is 2.57. The average Bonchev–Trinajstić information content (AvgIpc) is 1.82. The molecule has 0 unspecified atom stereocenters. The second-order valence-electron chi connectivity index (χ2n) is 2.12. The topological polar surface area (TPSA) is 116 Å². The Labute approximate surface area is 66.3 Å². The number of aromatic nitrogens is 1. The predicted octanol–water partition coefficient (Wildman–Crippen LogP) is -0.639.